The lowest BCUT2D eigenvalue weighted by Gasteiger charge is -2.30. The summed E-state index contributed by atoms with van der Waals surface area (Å²) in [4.78, 5) is 40.2. The molecule has 1 fully saturated rings. The largest absolute Gasteiger partial charge is 0.496 e. The number of hydrogen-bond acceptors (Lipinski definition) is 8. The second-order valence-electron chi connectivity index (χ2n) is 11.6. The molecule has 0 saturated heterocycles. The molecule has 2 aromatic rings. The first-order valence-corrected chi connectivity index (χ1v) is 13.9. The normalized spacial score (nSPS) is 16.9. The van der Waals surface area contributed by atoms with E-state index in [1.54, 1.807) is 65.1 Å². The van der Waals surface area contributed by atoms with Crippen molar-refractivity contribution in [2.24, 2.45) is 5.92 Å². The SMILES string of the molecule is COc1cc(NC(=O)C2CCC(Nc3cccc(N(C)CCN(C)C(=O)OC(C)(C)C)c3[N+](=O)[O-])CC2)ccc1C. The maximum absolute atomic E-state index is 12.9. The van der Waals surface area contributed by atoms with Crippen LogP contribution >= 0.6 is 0 Å². The van der Waals surface area contributed by atoms with E-state index < -0.39 is 11.7 Å². The Kier molecular flexibility index (Phi) is 10.4. The van der Waals surface area contributed by atoms with E-state index in [1.807, 2.05) is 25.1 Å². The summed E-state index contributed by atoms with van der Waals surface area (Å²) in [6, 6.07) is 10.8. The third-order valence-corrected chi connectivity index (χ3v) is 7.22. The Bertz CT molecular complexity index is 1240. The third kappa shape index (κ3) is 8.73. The molecule has 1 saturated carbocycles. The first kappa shape index (κ1) is 31.5. The van der Waals surface area contributed by atoms with Gasteiger partial charge in [0.25, 0.3) is 0 Å². The number of anilines is 3. The lowest BCUT2D eigenvalue weighted by Crippen LogP contribution is -2.38. The fourth-order valence-corrected chi connectivity index (χ4v) is 4.86. The van der Waals surface area contributed by atoms with Crippen molar-refractivity contribution in [3.05, 3.63) is 52.1 Å². The maximum atomic E-state index is 12.9. The molecular weight excluding hydrogens is 526 g/mol. The molecule has 1 aliphatic rings. The number of benzene rings is 2. The molecule has 2 amide bonds. The highest BCUT2D eigenvalue weighted by atomic mass is 16.6. The van der Waals surface area contributed by atoms with Crippen molar-refractivity contribution < 1.29 is 24.0 Å². The summed E-state index contributed by atoms with van der Waals surface area (Å²) in [6.45, 7) is 8.07. The smallest absolute Gasteiger partial charge is 0.410 e. The molecule has 3 rings (SSSR count). The number of hydrogen-bond donors (Lipinski definition) is 2. The van der Waals surface area contributed by atoms with Crippen molar-refractivity contribution in [2.45, 2.75) is 65.0 Å². The van der Waals surface area contributed by atoms with Gasteiger partial charge in [-0.1, -0.05) is 12.1 Å². The quantitative estimate of drug-likeness (QED) is 0.271. The van der Waals surface area contributed by atoms with E-state index >= 15 is 0 Å². The molecule has 0 unspecified atom stereocenters. The minimum absolute atomic E-state index is 0.0103. The Morgan fingerprint density at radius 3 is 2.37 bits per heavy atom. The van der Waals surface area contributed by atoms with Crippen LogP contribution in [-0.2, 0) is 9.53 Å². The van der Waals surface area contributed by atoms with E-state index in [0.717, 1.165) is 11.3 Å². The molecule has 0 bridgehead atoms. The van der Waals surface area contributed by atoms with Crippen LogP contribution < -0.4 is 20.3 Å². The highest BCUT2D eigenvalue weighted by Crippen LogP contribution is 2.37. The predicted octanol–water partition coefficient (Wildman–Crippen LogP) is 5.82. The zero-order valence-electron chi connectivity index (χ0n) is 25.2. The number of rotatable bonds is 10. The summed E-state index contributed by atoms with van der Waals surface area (Å²) in [5.41, 5.74) is 1.98. The van der Waals surface area contributed by atoms with E-state index in [2.05, 4.69) is 10.6 Å². The summed E-state index contributed by atoms with van der Waals surface area (Å²) < 4.78 is 10.7. The molecule has 0 heterocycles. The van der Waals surface area contributed by atoms with Gasteiger partial charge in [-0.2, -0.15) is 0 Å². The van der Waals surface area contributed by atoms with Gasteiger partial charge in [-0.15, -0.1) is 0 Å². The van der Waals surface area contributed by atoms with Crippen molar-refractivity contribution >= 4 is 34.7 Å². The van der Waals surface area contributed by atoms with Gasteiger partial charge in [-0.05, 0) is 77.1 Å². The number of ether oxygens (including phenoxy) is 2. The van der Waals surface area contributed by atoms with Crippen LogP contribution in [-0.4, -0.2) is 67.8 Å². The number of nitro benzene ring substituents is 1. The second-order valence-corrected chi connectivity index (χ2v) is 11.6. The summed E-state index contributed by atoms with van der Waals surface area (Å²) in [6.07, 6.45) is 2.34. The fraction of sp³-hybridized carbons (Fsp3) is 0.533. The number of para-hydroxylation sites is 1. The number of nitrogens with zero attached hydrogens (tertiary/aromatic N) is 3. The monoisotopic (exact) mass is 569 g/mol. The van der Waals surface area contributed by atoms with Gasteiger partial charge < -0.3 is 29.9 Å². The Hall–Kier alpha value is -4.02. The number of nitrogens with one attached hydrogen (secondary N) is 2. The van der Waals surface area contributed by atoms with E-state index in [1.165, 1.54) is 4.90 Å². The third-order valence-electron chi connectivity index (χ3n) is 7.22. The Balaban J connectivity index is 1.60. The van der Waals surface area contributed by atoms with Gasteiger partial charge in [0.2, 0.25) is 5.91 Å². The topological polar surface area (TPSA) is 126 Å². The number of methoxy groups -OCH3 is 1. The lowest BCUT2D eigenvalue weighted by molar-refractivity contribution is -0.383. The fourth-order valence-electron chi connectivity index (χ4n) is 4.86. The van der Waals surface area contributed by atoms with Crippen LogP contribution in [0, 0.1) is 23.0 Å². The average molecular weight is 570 g/mol. The van der Waals surface area contributed by atoms with Crippen LogP contribution in [0.25, 0.3) is 0 Å². The molecule has 11 heteroatoms. The molecule has 2 aromatic carbocycles. The first-order valence-electron chi connectivity index (χ1n) is 13.9. The number of amides is 2. The summed E-state index contributed by atoms with van der Waals surface area (Å²) >= 11 is 0. The molecule has 2 N–H and O–H groups in total. The molecule has 0 atom stereocenters. The molecule has 0 aromatic heterocycles. The van der Waals surface area contributed by atoms with E-state index in [4.69, 9.17) is 9.47 Å². The van der Waals surface area contributed by atoms with E-state index in [0.29, 0.717) is 55.8 Å². The summed E-state index contributed by atoms with van der Waals surface area (Å²) in [7, 11) is 5.01. The zero-order valence-corrected chi connectivity index (χ0v) is 25.2. The van der Waals surface area contributed by atoms with Crippen molar-refractivity contribution in [1.82, 2.24) is 4.90 Å². The van der Waals surface area contributed by atoms with Crippen molar-refractivity contribution in [1.29, 1.82) is 0 Å². The van der Waals surface area contributed by atoms with Crippen LogP contribution in [0.3, 0.4) is 0 Å². The molecule has 0 radical (unpaired) electrons. The first-order chi connectivity index (χ1) is 19.3. The Morgan fingerprint density at radius 1 is 1.07 bits per heavy atom. The van der Waals surface area contributed by atoms with E-state index in [-0.39, 0.29) is 28.5 Å². The van der Waals surface area contributed by atoms with Gasteiger partial charge in [0.15, 0.2) is 0 Å². The van der Waals surface area contributed by atoms with Crippen LogP contribution in [0.5, 0.6) is 5.75 Å². The lowest BCUT2D eigenvalue weighted by atomic mass is 9.85. The summed E-state index contributed by atoms with van der Waals surface area (Å²) in [5.74, 6) is 0.565. The van der Waals surface area contributed by atoms with Crippen molar-refractivity contribution in [2.75, 3.05) is 49.8 Å². The zero-order chi connectivity index (χ0) is 30.3. The highest BCUT2D eigenvalue weighted by Gasteiger charge is 2.29. The summed E-state index contributed by atoms with van der Waals surface area (Å²) in [5, 5.41) is 18.5. The number of carbonyl (C=O) groups excluding carboxylic acids is 2. The number of aryl methyl sites for hydroxylation is 1. The number of likely N-dealkylation sites (N-methyl/N-ethyl adjacent to an activating group) is 2. The Labute approximate surface area is 242 Å². The number of carbonyl (C=O) groups is 2. The number of nitro groups is 1. The highest BCUT2D eigenvalue weighted by molar-refractivity contribution is 5.92. The van der Waals surface area contributed by atoms with Crippen LogP contribution in [0.2, 0.25) is 0 Å². The molecule has 0 aliphatic heterocycles. The van der Waals surface area contributed by atoms with Gasteiger partial charge in [0.1, 0.15) is 22.7 Å². The van der Waals surface area contributed by atoms with Crippen LogP contribution in [0.15, 0.2) is 36.4 Å². The average Bonchev–Trinajstić information content (AvgIpc) is 2.91. The molecule has 224 valence electrons. The van der Waals surface area contributed by atoms with Gasteiger partial charge in [0.05, 0.1) is 12.0 Å². The Morgan fingerprint density at radius 2 is 1.76 bits per heavy atom. The van der Waals surface area contributed by atoms with Crippen LogP contribution in [0.4, 0.5) is 27.5 Å². The predicted molar refractivity (Wildman–Crippen MR) is 161 cm³/mol. The second kappa shape index (κ2) is 13.6. The standard InChI is InChI=1S/C30H43N5O6/c1-20-11-14-23(19-26(20)40-7)32-28(36)21-12-15-22(16-13-21)31-24-9-8-10-25(27(24)35(38)39)33(5)17-18-34(6)29(37)41-30(2,3)4/h8-11,14,19,21-22,31H,12-13,15-18H2,1-7H3,(H,32,36). The maximum Gasteiger partial charge on any atom is 0.410 e. The van der Waals surface area contributed by atoms with Gasteiger partial charge in [-0.3, -0.25) is 14.9 Å². The van der Waals surface area contributed by atoms with Gasteiger partial charge in [0, 0.05) is 50.9 Å². The van der Waals surface area contributed by atoms with E-state index in [9.17, 15) is 19.7 Å². The minimum Gasteiger partial charge on any atom is -0.496 e. The van der Waals surface area contributed by atoms with Crippen molar-refractivity contribution in [3.63, 3.8) is 0 Å². The van der Waals surface area contributed by atoms with Crippen LogP contribution in [0.1, 0.15) is 52.0 Å². The molecule has 1 aliphatic carbocycles. The van der Waals surface area contributed by atoms with Gasteiger partial charge in [-0.25, -0.2) is 4.79 Å². The van der Waals surface area contributed by atoms with Crippen molar-refractivity contribution in [3.8, 4) is 5.75 Å². The molecule has 11 nitrogen and oxygen atoms in total. The molecular formula is C30H43N5O6. The molecule has 0 spiro atoms. The minimum atomic E-state index is -0.603. The molecule has 41 heavy (non-hydrogen) atoms. The van der Waals surface area contributed by atoms with Gasteiger partial charge >= 0.3 is 11.8 Å².